The van der Waals surface area contributed by atoms with Crippen molar-refractivity contribution in [3.05, 3.63) is 54.1 Å². The Bertz CT molecular complexity index is 935. The van der Waals surface area contributed by atoms with Crippen molar-refractivity contribution >= 4 is 5.88 Å². The van der Waals surface area contributed by atoms with Crippen molar-refractivity contribution in [2.24, 2.45) is 0 Å². The van der Waals surface area contributed by atoms with Crippen LogP contribution < -0.4 is 10.1 Å². The number of hydrogen-bond acceptors (Lipinski definition) is 7. The van der Waals surface area contributed by atoms with Gasteiger partial charge in [-0.3, -0.25) is 4.90 Å². The van der Waals surface area contributed by atoms with Gasteiger partial charge in [-0.2, -0.15) is 10.2 Å². The maximum atomic E-state index is 9.46. The Hall–Kier alpha value is -3.24. The first-order chi connectivity index (χ1) is 13.8. The molecule has 1 atom stereocenters. The van der Waals surface area contributed by atoms with Crippen LogP contribution in [-0.2, 0) is 0 Å². The minimum Gasteiger partial charge on any atom is -0.497 e. The number of likely N-dealkylation sites (tertiary alicyclic amines) is 1. The van der Waals surface area contributed by atoms with E-state index in [9.17, 15) is 5.26 Å². The van der Waals surface area contributed by atoms with E-state index in [1.54, 1.807) is 13.4 Å². The van der Waals surface area contributed by atoms with E-state index < -0.39 is 0 Å². The minimum absolute atomic E-state index is 0.0820. The lowest BCUT2D eigenvalue weighted by molar-refractivity contribution is 0.224. The van der Waals surface area contributed by atoms with Crippen LogP contribution in [0.5, 0.6) is 5.75 Å². The Balaban J connectivity index is 1.53. The van der Waals surface area contributed by atoms with Crippen LogP contribution in [0, 0.1) is 11.3 Å². The molecule has 3 aromatic rings. The SMILES string of the molecule is COc1ccc(-c2nc(C#N)c(NC[C@@H](c3ccco3)N3CCCC3)o2)cc1. The first kappa shape index (κ1) is 18.1. The number of nitrogens with zero attached hydrogens (tertiary/aromatic N) is 3. The first-order valence-electron chi connectivity index (χ1n) is 9.35. The number of nitrogens with one attached hydrogen (secondary N) is 1. The highest BCUT2D eigenvalue weighted by Gasteiger charge is 2.26. The smallest absolute Gasteiger partial charge is 0.232 e. The molecule has 7 heteroatoms. The van der Waals surface area contributed by atoms with Crippen LogP contribution in [0.15, 0.2) is 51.5 Å². The molecular weight excluding hydrogens is 356 g/mol. The van der Waals surface area contributed by atoms with E-state index in [0.29, 0.717) is 18.3 Å². The van der Waals surface area contributed by atoms with Gasteiger partial charge in [-0.05, 0) is 62.3 Å². The third-order valence-electron chi connectivity index (χ3n) is 4.98. The van der Waals surface area contributed by atoms with Gasteiger partial charge in [0.2, 0.25) is 17.5 Å². The lowest BCUT2D eigenvalue weighted by atomic mass is 10.2. The number of hydrogen-bond donors (Lipinski definition) is 1. The molecule has 0 amide bonds. The second kappa shape index (κ2) is 8.19. The van der Waals surface area contributed by atoms with Crippen molar-refractivity contribution in [2.45, 2.75) is 18.9 Å². The summed E-state index contributed by atoms with van der Waals surface area (Å²) in [5.41, 5.74) is 1.03. The summed E-state index contributed by atoms with van der Waals surface area (Å²) < 4.78 is 16.7. The van der Waals surface area contributed by atoms with Gasteiger partial charge in [-0.25, -0.2) is 0 Å². The molecule has 1 aliphatic rings. The number of oxazole rings is 1. The van der Waals surface area contributed by atoms with E-state index in [1.165, 1.54) is 12.8 Å². The number of furan rings is 1. The number of methoxy groups -OCH3 is 1. The molecule has 3 heterocycles. The molecule has 1 N–H and O–H groups in total. The predicted octanol–water partition coefficient (Wildman–Crippen LogP) is 4.06. The fraction of sp³-hybridized carbons (Fsp3) is 0.333. The van der Waals surface area contributed by atoms with Gasteiger partial charge < -0.3 is 18.9 Å². The molecule has 0 radical (unpaired) electrons. The lowest BCUT2D eigenvalue weighted by Gasteiger charge is -2.25. The van der Waals surface area contributed by atoms with Crippen LogP contribution in [0.2, 0.25) is 0 Å². The average Bonchev–Trinajstić information content (AvgIpc) is 3.50. The van der Waals surface area contributed by atoms with Gasteiger partial charge in [-0.1, -0.05) is 0 Å². The summed E-state index contributed by atoms with van der Waals surface area (Å²) in [5.74, 6) is 2.44. The summed E-state index contributed by atoms with van der Waals surface area (Å²) in [6.45, 7) is 2.64. The van der Waals surface area contributed by atoms with Gasteiger partial charge in [0.1, 0.15) is 17.6 Å². The summed E-state index contributed by atoms with van der Waals surface area (Å²) in [5, 5.41) is 12.7. The monoisotopic (exact) mass is 378 g/mol. The molecule has 4 rings (SSSR count). The zero-order valence-electron chi connectivity index (χ0n) is 15.7. The van der Waals surface area contributed by atoms with Gasteiger partial charge in [0.05, 0.1) is 19.4 Å². The van der Waals surface area contributed by atoms with Gasteiger partial charge in [0.25, 0.3) is 0 Å². The number of nitriles is 1. The van der Waals surface area contributed by atoms with Crippen LogP contribution in [0.1, 0.15) is 30.3 Å². The molecule has 28 heavy (non-hydrogen) atoms. The molecule has 0 spiro atoms. The maximum Gasteiger partial charge on any atom is 0.232 e. The molecule has 0 bridgehead atoms. The van der Waals surface area contributed by atoms with Crippen LogP contribution in [0.3, 0.4) is 0 Å². The molecule has 0 unspecified atom stereocenters. The number of rotatable bonds is 7. The molecule has 1 saturated heterocycles. The topological polar surface area (TPSA) is 87.5 Å². The summed E-state index contributed by atoms with van der Waals surface area (Å²) in [4.78, 5) is 6.71. The summed E-state index contributed by atoms with van der Waals surface area (Å²) in [6, 6.07) is 13.4. The highest BCUT2D eigenvalue weighted by Crippen LogP contribution is 2.29. The number of aromatic nitrogens is 1. The van der Waals surface area contributed by atoms with Crippen LogP contribution in [0.4, 0.5) is 5.88 Å². The average molecular weight is 378 g/mol. The Morgan fingerprint density at radius 1 is 1.25 bits per heavy atom. The molecule has 1 fully saturated rings. The Kier molecular flexibility index (Phi) is 5.31. The van der Waals surface area contributed by atoms with Crippen LogP contribution in [0.25, 0.3) is 11.5 Å². The first-order valence-corrected chi connectivity index (χ1v) is 9.35. The van der Waals surface area contributed by atoms with Crippen molar-refractivity contribution < 1.29 is 13.6 Å². The molecule has 7 nitrogen and oxygen atoms in total. The van der Waals surface area contributed by atoms with Crippen molar-refractivity contribution in [2.75, 3.05) is 32.1 Å². The number of benzene rings is 1. The molecule has 1 aliphatic heterocycles. The van der Waals surface area contributed by atoms with E-state index in [4.69, 9.17) is 13.6 Å². The Morgan fingerprint density at radius 2 is 2.04 bits per heavy atom. The van der Waals surface area contributed by atoms with Crippen molar-refractivity contribution in [3.8, 4) is 23.3 Å². The van der Waals surface area contributed by atoms with E-state index >= 15 is 0 Å². The summed E-state index contributed by atoms with van der Waals surface area (Å²) in [7, 11) is 1.62. The third-order valence-corrected chi connectivity index (χ3v) is 4.98. The summed E-state index contributed by atoms with van der Waals surface area (Å²) in [6.07, 6.45) is 4.06. The highest BCUT2D eigenvalue weighted by molar-refractivity contribution is 5.59. The second-order valence-corrected chi connectivity index (χ2v) is 6.69. The molecule has 144 valence electrons. The number of ether oxygens (including phenoxy) is 1. The minimum atomic E-state index is 0.0820. The number of anilines is 1. The summed E-state index contributed by atoms with van der Waals surface area (Å²) >= 11 is 0. The quantitative estimate of drug-likeness (QED) is 0.663. The fourth-order valence-corrected chi connectivity index (χ4v) is 3.51. The van der Waals surface area contributed by atoms with Crippen LogP contribution >= 0.6 is 0 Å². The van der Waals surface area contributed by atoms with Gasteiger partial charge in [0, 0.05) is 12.1 Å². The Labute approximate surface area is 163 Å². The second-order valence-electron chi connectivity index (χ2n) is 6.69. The van der Waals surface area contributed by atoms with E-state index in [-0.39, 0.29) is 11.7 Å². The molecule has 1 aromatic carbocycles. The lowest BCUT2D eigenvalue weighted by Crippen LogP contribution is -2.30. The maximum absolute atomic E-state index is 9.46. The normalized spacial score (nSPS) is 15.3. The van der Waals surface area contributed by atoms with E-state index in [1.807, 2.05) is 36.4 Å². The predicted molar refractivity (Wildman–Crippen MR) is 104 cm³/mol. The van der Waals surface area contributed by atoms with E-state index in [0.717, 1.165) is 30.2 Å². The fourth-order valence-electron chi connectivity index (χ4n) is 3.51. The van der Waals surface area contributed by atoms with E-state index in [2.05, 4.69) is 21.3 Å². The highest BCUT2D eigenvalue weighted by atomic mass is 16.5. The molecular formula is C21H22N4O3. The van der Waals surface area contributed by atoms with Crippen LogP contribution in [-0.4, -0.2) is 36.6 Å². The van der Waals surface area contributed by atoms with Crippen molar-refractivity contribution in [1.29, 1.82) is 5.26 Å². The standard InChI is InChI=1S/C21H22N4O3/c1-26-16-8-6-15(7-9-16)20-24-17(13-22)21(28-20)23-14-18(19-5-4-12-27-19)25-10-2-3-11-25/h4-9,12,18,23H,2-3,10-11,14H2,1H3/t18-/m0/s1. The molecule has 2 aromatic heterocycles. The van der Waals surface area contributed by atoms with Crippen molar-refractivity contribution in [3.63, 3.8) is 0 Å². The molecule has 0 saturated carbocycles. The zero-order chi connectivity index (χ0) is 19.3. The van der Waals surface area contributed by atoms with Gasteiger partial charge in [-0.15, -0.1) is 0 Å². The third kappa shape index (κ3) is 3.73. The zero-order valence-corrected chi connectivity index (χ0v) is 15.7. The Morgan fingerprint density at radius 3 is 2.68 bits per heavy atom. The van der Waals surface area contributed by atoms with Gasteiger partial charge in [0.15, 0.2) is 0 Å². The van der Waals surface area contributed by atoms with Gasteiger partial charge >= 0.3 is 0 Å². The largest absolute Gasteiger partial charge is 0.497 e. The molecule has 0 aliphatic carbocycles. The van der Waals surface area contributed by atoms with Crippen molar-refractivity contribution in [1.82, 2.24) is 9.88 Å².